The van der Waals surface area contributed by atoms with Crippen molar-refractivity contribution >= 4 is 12.4 Å². The van der Waals surface area contributed by atoms with Crippen molar-refractivity contribution in [2.45, 2.75) is 6.54 Å². The summed E-state index contributed by atoms with van der Waals surface area (Å²) in [5.74, 6) is 0. The Morgan fingerprint density at radius 2 is 2.30 bits per heavy atom. The Morgan fingerprint density at radius 3 is 2.70 bits per heavy atom. The molecule has 0 atom stereocenters. The predicted molar refractivity (Wildman–Crippen MR) is 45.4 cm³/mol. The fraction of sp³-hybridized carbons (Fsp3) is 0.429. The van der Waals surface area contributed by atoms with Crippen LogP contribution in [0, 0.1) is 0 Å². The van der Waals surface area contributed by atoms with Crippen LogP contribution in [0.15, 0.2) is 18.3 Å². The molecule has 3 heteroatoms. The lowest BCUT2D eigenvalue weighted by molar-refractivity contribution is 0.734. The van der Waals surface area contributed by atoms with E-state index in [0.717, 1.165) is 6.54 Å². The van der Waals surface area contributed by atoms with Gasteiger partial charge in [-0.25, -0.2) is 0 Å². The van der Waals surface area contributed by atoms with E-state index in [0.29, 0.717) is 0 Å². The zero-order valence-electron chi connectivity index (χ0n) is 6.29. The van der Waals surface area contributed by atoms with Gasteiger partial charge < -0.3 is 9.88 Å². The fourth-order valence-electron chi connectivity index (χ4n) is 0.861. The van der Waals surface area contributed by atoms with Crippen molar-refractivity contribution in [1.82, 2.24) is 9.88 Å². The first-order valence-corrected chi connectivity index (χ1v) is 3.09. The van der Waals surface area contributed by atoms with E-state index in [1.807, 2.05) is 26.4 Å². The lowest BCUT2D eigenvalue weighted by atomic mass is 10.4. The molecule has 1 heterocycles. The van der Waals surface area contributed by atoms with E-state index in [2.05, 4.69) is 16.0 Å². The van der Waals surface area contributed by atoms with E-state index >= 15 is 0 Å². The van der Waals surface area contributed by atoms with Gasteiger partial charge in [-0.3, -0.25) is 0 Å². The normalized spacial score (nSPS) is 9.00. The maximum Gasteiger partial charge on any atom is 0.0356 e. The molecule has 0 saturated carbocycles. The van der Waals surface area contributed by atoms with Gasteiger partial charge in [0.05, 0.1) is 0 Å². The van der Waals surface area contributed by atoms with Gasteiger partial charge in [0, 0.05) is 25.5 Å². The zero-order chi connectivity index (χ0) is 6.69. The molecule has 0 fully saturated rings. The van der Waals surface area contributed by atoms with Crippen LogP contribution in [0.4, 0.5) is 0 Å². The summed E-state index contributed by atoms with van der Waals surface area (Å²) < 4.78 is 2.11. The maximum absolute atomic E-state index is 3.09. The van der Waals surface area contributed by atoms with Crippen LogP contribution in [-0.2, 0) is 13.6 Å². The van der Waals surface area contributed by atoms with Crippen LogP contribution < -0.4 is 5.32 Å². The van der Waals surface area contributed by atoms with Crippen molar-refractivity contribution in [3.8, 4) is 0 Å². The van der Waals surface area contributed by atoms with Gasteiger partial charge >= 0.3 is 0 Å². The summed E-state index contributed by atoms with van der Waals surface area (Å²) >= 11 is 0. The summed E-state index contributed by atoms with van der Waals surface area (Å²) in [4.78, 5) is 0. The summed E-state index contributed by atoms with van der Waals surface area (Å²) in [6.07, 6.45) is 2.05. The standard InChI is InChI=1S/C7H12N2.ClH/c1-8-6-7-4-3-5-9(7)2;/h3-5,8H,6H2,1-2H3;1H. The van der Waals surface area contributed by atoms with Gasteiger partial charge in [0.15, 0.2) is 0 Å². The van der Waals surface area contributed by atoms with E-state index in [9.17, 15) is 0 Å². The highest BCUT2D eigenvalue weighted by molar-refractivity contribution is 5.85. The molecule has 0 aliphatic carbocycles. The van der Waals surface area contributed by atoms with Crippen molar-refractivity contribution in [3.63, 3.8) is 0 Å². The van der Waals surface area contributed by atoms with Gasteiger partial charge in [-0.1, -0.05) is 0 Å². The first-order chi connectivity index (χ1) is 4.34. The zero-order valence-corrected chi connectivity index (χ0v) is 7.11. The summed E-state index contributed by atoms with van der Waals surface area (Å²) in [6, 6.07) is 4.16. The highest BCUT2D eigenvalue weighted by atomic mass is 35.5. The molecular formula is C7H13ClN2. The second kappa shape index (κ2) is 4.36. The largest absolute Gasteiger partial charge is 0.353 e. The topological polar surface area (TPSA) is 17.0 Å². The molecule has 0 bridgehead atoms. The number of hydrogen-bond donors (Lipinski definition) is 1. The van der Waals surface area contributed by atoms with Crippen LogP contribution >= 0.6 is 12.4 Å². The molecule has 0 aromatic carbocycles. The third kappa shape index (κ3) is 2.05. The minimum Gasteiger partial charge on any atom is -0.353 e. The third-order valence-electron chi connectivity index (χ3n) is 1.41. The molecule has 0 spiro atoms. The second-order valence-electron chi connectivity index (χ2n) is 2.14. The molecule has 2 nitrogen and oxygen atoms in total. The highest BCUT2D eigenvalue weighted by Crippen LogP contribution is 1.96. The summed E-state index contributed by atoms with van der Waals surface area (Å²) in [5.41, 5.74) is 1.32. The number of aromatic nitrogens is 1. The average molecular weight is 161 g/mol. The predicted octanol–water partition coefficient (Wildman–Crippen LogP) is 1.17. The summed E-state index contributed by atoms with van der Waals surface area (Å²) in [5, 5.41) is 3.09. The lowest BCUT2D eigenvalue weighted by Crippen LogP contribution is -2.08. The molecule has 58 valence electrons. The number of rotatable bonds is 2. The Hall–Kier alpha value is -0.470. The Labute approximate surface area is 67.6 Å². The van der Waals surface area contributed by atoms with Crippen molar-refractivity contribution in [2.75, 3.05) is 7.05 Å². The average Bonchev–Trinajstić information content (AvgIpc) is 2.18. The molecule has 0 unspecified atom stereocenters. The fourth-order valence-corrected chi connectivity index (χ4v) is 0.861. The Morgan fingerprint density at radius 1 is 1.60 bits per heavy atom. The van der Waals surface area contributed by atoms with Gasteiger partial charge in [0.25, 0.3) is 0 Å². The number of halogens is 1. The van der Waals surface area contributed by atoms with E-state index in [1.54, 1.807) is 0 Å². The van der Waals surface area contributed by atoms with Crippen molar-refractivity contribution in [1.29, 1.82) is 0 Å². The van der Waals surface area contributed by atoms with Crippen LogP contribution in [0.5, 0.6) is 0 Å². The quantitative estimate of drug-likeness (QED) is 0.688. The van der Waals surface area contributed by atoms with Crippen molar-refractivity contribution < 1.29 is 0 Å². The highest BCUT2D eigenvalue weighted by Gasteiger charge is 1.91. The third-order valence-corrected chi connectivity index (χ3v) is 1.41. The van der Waals surface area contributed by atoms with Crippen LogP contribution in [0.3, 0.4) is 0 Å². The minimum atomic E-state index is 0. The van der Waals surface area contributed by atoms with E-state index in [1.165, 1.54) is 5.69 Å². The maximum atomic E-state index is 3.09. The van der Waals surface area contributed by atoms with Gasteiger partial charge in [0.2, 0.25) is 0 Å². The summed E-state index contributed by atoms with van der Waals surface area (Å²) in [6.45, 7) is 0.948. The molecule has 0 radical (unpaired) electrons. The molecule has 0 amide bonds. The van der Waals surface area contributed by atoms with Crippen LogP contribution in [-0.4, -0.2) is 11.6 Å². The molecular weight excluding hydrogens is 148 g/mol. The number of aryl methyl sites for hydroxylation is 1. The smallest absolute Gasteiger partial charge is 0.0356 e. The lowest BCUT2D eigenvalue weighted by Gasteiger charge is -1.99. The van der Waals surface area contributed by atoms with E-state index < -0.39 is 0 Å². The molecule has 10 heavy (non-hydrogen) atoms. The summed E-state index contributed by atoms with van der Waals surface area (Å²) in [7, 11) is 4.00. The SMILES string of the molecule is CNCc1cccn1C.Cl. The Bertz CT molecular complexity index is 183. The van der Waals surface area contributed by atoms with Gasteiger partial charge in [-0.15, -0.1) is 12.4 Å². The van der Waals surface area contributed by atoms with Gasteiger partial charge in [0.1, 0.15) is 0 Å². The first-order valence-electron chi connectivity index (χ1n) is 3.09. The van der Waals surface area contributed by atoms with E-state index in [-0.39, 0.29) is 12.4 Å². The van der Waals surface area contributed by atoms with Crippen LogP contribution in [0.1, 0.15) is 5.69 Å². The molecule has 0 saturated heterocycles. The molecule has 1 N–H and O–H groups in total. The van der Waals surface area contributed by atoms with Gasteiger partial charge in [-0.2, -0.15) is 0 Å². The monoisotopic (exact) mass is 160 g/mol. The molecule has 1 rings (SSSR count). The number of hydrogen-bond acceptors (Lipinski definition) is 1. The molecule has 0 aliphatic rings. The second-order valence-corrected chi connectivity index (χ2v) is 2.14. The van der Waals surface area contributed by atoms with Crippen molar-refractivity contribution in [3.05, 3.63) is 24.0 Å². The number of nitrogens with zero attached hydrogens (tertiary/aromatic N) is 1. The molecule has 1 aromatic heterocycles. The van der Waals surface area contributed by atoms with Gasteiger partial charge in [-0.05, 0) is 19.2 Å². The Kier molecular flexibility index (Phi) is 4.16. The van der Waals surface area contributed by atoms with Crippen LogP contribution in [0.2, 0.25) is 0 Å². The van der Waals surface area contributed by atoms with Crippen molar-refractivity contribution in [2.24, 2.45) is 7.05 Å². The number of nitrogens with one attached hydrogen (secondary N) is 1. The Balaban J connectivity index is 0.000000810. The minimum absolute atomic E-state index is 0. The van der Waals surface area contributed by atoms with Crippen LogP contribution in [0.25, 0.3) is 0 Å². The molecule has 1 aromatic rings. The molecule has 0 aliphatic heterocycles. The van der Waals surface area contributed by atoms with E-state index in [4.69, 9.17) is 0 Å². The first kappa shape index (κ1) is 9.53.